The molecule has 14 heavy (non-hydrogen) atoms. The summed E-state index contributed by atoms with van der Waals surface area (Å²) in [7, 11) is 0. The number of rotatable bonds is 1. The molecule has 1 aromatic heterocycles. The second-order valence-corrected chi connectivity index (χ2v) is 4.77. The predicted octanol–water partition coefficient (Wildman–Crippen LogP) is -1.15. The molecule has 0 radical (unpaired) electrons. The maximum absolute atomic E-state index is 10.6. The molecule has 2 rings (SSSR count). The van der Waals surface area contributed by atoms with Crippen LogP contribution in [-0.2, 0) is 11.1 Å². The predicted molar refractivity (Wildman–Crippen MR) is 51.5 cm³/mol. The summed E-state index contributed by atoms with van der Waals surface area (Å²) in [6.45, 7) is 1.90. The fraction of sp³-hybridized carbons (Fsp3) is 0.125. The minimum atomic E-state index is -2.15. The number of hydrogen-bond donors (Lipinski definition) is 0. The first kappa shape index (κ1) is 12.3. The van der Waals surface area contributed by atoms with Gasteiger partial charge in [0.15, 0.2) is 0 Å². The van der Waals surface area contributed by atoms with E-state index in [-0.39, 0.29) is 29.6 Å². The van der Waals surface area contributed by atoms with E-state index >= 15 is 0 Å². The van der Waals surface area contributed by atoms with Gasteiger partial charge in [-0.2, -0.15) is 0 Å². The van der Waals surface area contributed by atoms with Crippen molar-refractivity contribution < 1.29 is 38.3 Å². The van der Waals surface area contributed by atoms with E-state index in [1.807, 2.05) is 6.92 Å². The third-order valence-electron chi connectivity index (χ3n) is 1.66. The molecule has 0 N–H and O–H groups in total. The molecule has 1 heterocycles. The number of hydrogen-bond acceptors (Lipinski definition) is 4. The second kappa shape index (κ2) is 4.83. The molecule has 0 spiro atoms. The molecule has 0 saturated heterocycles. The van der Waals surface area contributed by atoms with Gasteiger partial charge in [0.25, 0.3) is 0 Å². The van der Waals surface area contributed by atoms with Crippen LogP contribution in [0.2, 0.25) is 0 Å². The van der Waals surface area contributed by atoms with E-state index < -0.39 is 11.1 Å². The van der Waals surface area contributed by atoms with Crippen molar-refractivity contribution in [3.8, 4) is 0 Å². The number of fused-ring (bicyclic) bond motifs is 1. The molecule has 1 unspecified atom stereocenters. The van der Waals surface area contributed by atoms with Gasteiger partial charge >= 0.3 is 29.6 Å². The topological polar surface area (TPSA) is 53.0 Å². The van der Waals surface area contributed by atoms with Gasteiger partial charge in [-0.05, 0) is 36.2 Å². The fourth-order valence-electron chi connectivity index (χ4n) is 1.12. The van der Waals surface area contributed by atoms with Crippen molar-refractivity contribution in [1.29, 1.82) is 0 Å². The van der Waals surface area contributed by atoms with E-state index in [1.165, 1.54) is 11.3 Å². The molecular weight excluding hydrogens is 229 g/mol. The maximum Gasteiger partial charge on any atom is 1.00 e. The van der Waals surface area contributed by atoms with Gasteiger partial charge in [-0.15, -0.1) is 11.3 Å². The van der Waals surface area contributed by atoms with Gasteiger partial charge in [-0.1, -0.05) is 0 Å². The molecule has 0 fully saturated rings. The molecule has 3 nitrogen and oxygen atoms in total. The van der Waals surface area contributed by atoms with Crippen LogP contribution in [0.3, 0.4) is 0 Å². The van der Waals surface area contributed by atoms with Gasteiger partial charge < -0.3 is 4.55 Å². The smallest absolute Gasteiger partial charge is 0.768 e. The van der Waals surface area contributed by atoms with Crippen molar-refractivity contribution in [3.05, 3.63) is 23.2 Å². The maximum atomic E-state index is 10.6. The molecule has 0 bridgehead atoms. The first-order chi connectivity index (χ1) is 6.16. The Morgan fingerprint density at radius 3 is 2.86 bits per heavy atom. The summed E-state index contributed by atoms with van der Waals surface area (Å²) in [5.74, 6) is 0. The largest absolute Gasteiger partial charge is 1.00 e. The molecule has 6 heteroatoms. The van der Waals surface area contributed by atoms with Crippen molar-refractivity contribution >= 4 is 32.6 Å². The molecule has 0 saturated carbocycles. The summed E-state index contributed by atoms with van der Waals surface area (Å²) < 4.78 is 22.2. The normalized spacial score (nSPS) is 12.4. The van der Waals surface area contributed by atoms with Gasteiger partial charge in [-0.25, -0.2) is 4.98 Å². The molecular formula is C8H6NNaO2S2. The Kier molecular flexibility index (Phi) is 4.24. The SMILES string of the molecule is Cc1nc2ccc(S(=O)[O-])cc2s1.[Na+]. The van der Waals surface area contributed by atoms with Crippen molar-refractivity contribution in [2.45, 2.75) is 11.8 Å². The van der Waals surface area contributed by atoms with E-state index in [0.29, 0.717) is 4.90 Å². The van der Waals surface area contributed by atoms with E-state index in [9.17, 15) is 8.76 Å². The molecule has 0 aliphatic rings. The number of aromatic nitrogens is 1. The second-order valence-electron chi connectivity index (χ2n) is 2.60. The Hall–Kier alpha value is 0.220. The molecule has 0 aliphatic heterocycles. The van der Waals surface area contributed by atoms with E-state index in [1.54, 1.807) is 18.2 Å². The van der Waals surface area contributed by atoms with Crippen LogP contribution in [0.25, 0.3) is 10.2 Å². The number of aryl methyl sites for hydroxylation is 1. The van der Waals surface area contributed by atoms with Crippen LogP contribution >= 0.6 is 11.3 Å². The van der Waals surface area contributed by atoms with Crippen LogP contribution < -0.4 is 29.6 Å². The summed E-state index contributed by atoms with van der Waals surface area (Å²) in [4.78, 5) is 4.55. The third kappa shape index (κ3) is 2.42. The van der Waals surface area contributed by atoms with E-state index in [2.05, 4.69) is 4.98 Å². The Morgan fingerprint density at radius 1 is 1.50 bits per heavy atom. The minimum Gasteiger partial charge on any atom is -0.768 e. The van der Waals surface area contributed by atoms with Crippen LogP contribution in [0.4, 0.5) is 0 Å². The zero-order valence-corrected chi connectivity index (χ0v) is 11.4. The van der Waals surface area contributed by atoms with Crippen LogP contribution in [0, 0.1) is 6.92 Å². The average molecular weight is 235 g/mol. The summed E-state index contributed by atoms with van der Waals surface area (Å²) in [6, 6.07) is 4.93. The van der Waals surface area contributed by atoms with Gasteiger partial charge in [0.2, 0.25) is 0 Å². The average Bonchev–Trinajstić information content (AvgIpc) is 2.42. The summed E-state index contributed by atoms with van der Waals surface area (Å²) in [6.07, 6.45) is 0. The quantitative estimate of drug-likeness (QED) is 0.463. The molecule has 0 aliphatic carbocycles. The molecule has 68 valence electrons. The van der Waals surface area contributed by atoms with Crippen molar-refractivity contribution in [1.82, 2.24) is 4.98 Å². The first-order valence-corrected chi connectivity index (χ1v) is 5.52. The standard InChI is InChI=1S/C8H7NO2S2.Na/c1-5-9-7-3-2-6(13(10)11)4-8(7)12-5;/h2-4H,1H3,(H,10,11);/q;+1/p-1. The number of nitrogens with zero attached hydrogens (tertiary/aromatic N) is 1. The summed E-state index contributed by atoms with van der Waals surface area (Å²) in [5, 5.41) is 0.948. The van der Waals surface area contributed by atoms with E-state index in [4.69, 9.17) is 0 Å². The molecule has 1 aromatic carbocycles. The summed E-state index contributed by atoms with van der Waals surface area (Å²) in [5.41, 5.74) is 0.858. The van der Waals surface area contributed by atoms with E-state index in [0.717, 1.165) is 15.2 Å². The van der Waals surface area contributed by atoms with Crippen LogP contribution in [-0.4, -0.2) is 13.7 Å². The fourth-order valence-corrected chi connectivity index (χ4v) is 2.46. The van der Waals surface area contributed by atoms with Crippen molar-refractivity contribution in [2.24, 2.45) is 0 Å². The van der Waals surface area contributed by atoms with Crippen LogP contribution in [0.15, 0.2) is 23.1 Å². The minimum absolute atomic E-state index is 0. The Labute approximate surface area is 110 Å². The Balaban J connectivity index is 0.000000980. The molecule has 0 amide bonds. The summed E-state index contributed by atoms with van der Waals surface area (Å²) >= 11 is -0.648. The number of benzene rings is 1. The van der Waals surface area contributed by atoms with Crippen molar-refractivity contribution in [2.75, 3.05) is 0 Å². The third-order valence-corrected chi connectivity index (χ3v) is 3.23. The Morgan fingerprint density at radius 2 is 2.21 bits per heavy atom. The Bertz CT molecular complexity index is 483. The van der Waals surface area contributed by atoms with Gasteiger partial charge in [0, 0.05) is 4.90 Å². The van der Waals surface area contributed by atoms with Gasteiger partial charge in [0.05, 0.1) is 15.2 Å². The zero-order chi connectivity index (χ0) is 9.42. The zero-order valence-electron chi connectivity index (χ0n) is 7.81. The molecule has 1 atom stereocenters. The van der Waals surface area contributed by atoms with Crippen molar-refractivity contribution in [3.63, 3.8) is 0 Å². The van der Waals surface area contributed by atoms with Gasteiger partial charge in [-0.3, -0.25) is 4.21 Å². The molecule has 2 aromatic rings. The van der Waals surface area contributed by atoms with Crippen LogP contribution in [0.5, 0.6) is 0 Å². The number of thiazole rings is 1. The van der Waals surface area contributed by atoms with Gasteiger partial charge in [0.1, 0.15) is 0 Å². The first-order valence-electron chi connectivity index (χ1n) is 3.63. The van der Waals surface area contributed by atoms with Crippen LogP contribution in [0.1, 0.15) is 5.01 Å². The monoisotopic (exact) mass is 235 g/mol.